The number of ether oxygens (including phenoxy) is 1. The van der Waals surface area contributed by atoms with E-state index >= 15 is 0 Å². The molecular formula is C18H30N6O2. The summed E-state index contributed by atoms with van der Waals surface area (Å²) in [4.78, 5) is 22.7. The highest BCUT2D eigenvalue weighted by Crippen LogP contribution is 2.12. The minimum atomic E-state index is -0.0739. The van der Waals surface area contributed by atoms with Gasteiger partial charge in [-0.1, -0.05) is 6.07 Å². The van der Waals surface area contributed by atoms with E-state index in [-0.39, 0.29) is 12.5 Å². The molecule has 1 aliphatic heterocycles. The summed E-state index contributed by atoms with van der Waals surface area (Å²) in [5, 5.41) is 9.24. The molecule has 0 aliphatic carbocycles. The predicted molar refractivity (Wildman–Crippen MR) is 102 cm³/mol. The number of nitrogens with one attached hydrogen (secondary N) is 3. The minimum Gasteiger partial charge on any atom is -0.383 e. The first-order valence-electron chi connectivity index (χ1n) is 9.06. The smallest absolute Gasteiger partial charge is 0.239 e. The van der Waals surface area contributed by atoms with Crippen molar-refractivity contribution < 1.29 is 9.53 Å². The Morgan fingerprint density at radius 3 is 2.81 bits per heavy atom. The van der Waals surface area contributed by atoms with E-state index in [1.807, 2.05) is 18.3 Å². The Morgan fingerprint density at radius 1 is 1.35 bits per heavy atom. The van der Waals surface area contributed by atoms with Crippen LogP contribution in [0.1, 0.15) is 18.5 Å². The molecule has 0 unspecified atom stereocenters. The fourth-order valence-electron chi connectivity index (χ4n) is 2.86. The van der Waals surface area contributed by atoms with Crippen molar-refractivity contribution in [3.05, 3.63) is 30.1 Å². The molecule has 8 heteroatoms. The fraction of sp³-hybridized carbons (Fsp3) is 0.611. The molecule has 0 saturated carbocycles. The number of rotatable bonds is 8. The zero-order valence-electron chi connectivity index (χ0n) is 15.7. The molecule has 8 nitrogen and oxygen atoms in total. The van der Waals surface area contributed by atoms with Crippen LogP contribution < -0.4 is 16.0 Å². The van der Waals surface area contributed by atoms with Crippen LogP contribution in [0.25, 0.3) is 0 Å². The van der Waals surface area contributed by atoms with Crippen LogP contribution in [-0.2, 0) is 16.1 Å². The van der Waals surface area contributed by atoms with Gasteiger partial charge in [-0.05, 0) is 25.0 Å². The van der Waals surface area contributed by atoms with Crippen molar-refractivity contribution in [2.75, 3.05) is 46.9 Å². The summed E-state index contributed by atoms with van der Waals surface area (Å²) in [6.07, 6.45) is 3.91. The van der Waals surface area contributed by atoms with Gasteiger partial charge in [-0.2, -0.15) is 0 Å². The number of amides is 1. The van der Waals surface area contributed by atoms with Crippen LogP contribution in [0.15, 0.2) is 29.4 Å². The van der Waals surface area contributed by atoms with Gasteiger partial charge in [0.2, 0.25) is 5.91 Å². The predicted octanol–water partition coefficient (Wildman–Crippen LogP) is -0.0264. The Balaban J connectivity index is 1.66. The molecule has 0 aromatic carbocycles. The number of pyridine rings is 1. The Hall–Kier alpha value is -2.19. The summed E-state index contributed by atoms with van der Waals surface area (Å²) >= 11 is 0. The van der Waals surface area contributed by atoms with Crippen LogP contribution in [0.3, 0.4) is 0 Å². The number of methoxy groups -OCH3 is 1. The first kappa shape index (κ1) is 20.1. The second kappa shape index (κ2) is 11.4. The normalized spacial score (nSPS) is 16.3. The third kappa shape index (κ3) is 7.37. The molecule has 1 aromatic heterocycles. The summed E-state index contributed by atoms with van der Waals surface area (Å²) in [5.41, 5.74) is 1.11. The standard InChI is InChI=1S/C18H30N6O2/c1-19-18(22-13-17(25)21-9-12-26-2)23-15-6-10-24(11-7-15)14-16-5-3-4-8-20-16/h3-5,8,15H,6-7,9-14H2,1-2H3,(H,21,25)(H2,19,22,23). The van der Waals surface area contributed by atoms with Crippen molar-refractivity contribution in [2.24, 2.45) is 4.99 Å². The van der Waals surface area contributed by atoms with Gasteiger partial charge in [0.1, 0.15) is 0 Å². The number of hydrogen-bond acceptors (Lipinski definition) is 5. The monoisotopic (exact) mass is 362 g/mol. The summed E-state index contributed by atoms with van der Waals surface area (Å²) in [6, 6.07) is 6.39. The third-order valence-electron chi connectivity index (χ3n) is 4.31. The molecule has 0 bridgehead atoms. The van der Waals surface area contributed by atoms with Gasteiger partial charge in [-0.3, -0.25) is 19.7 Å². The summed E-state index contributed by atoms with van der Waals surface area (Å²) < 4.78 is 4.91. The Bertz CT molecular complexity index is 558. The zero-order chi connectivity index (χ0) is 18.6. The van der Waals surface area contributed by atoms with Crippen LogP contribution in [-0.4, -0.2) is 74.7 Å². The van der Waals surface area contributed by atoms with Crippen LogP contribution >= 0.6 is 0 Å². The highest BCUT2D eigenvalue weighted by Gasteiger charge is 2.20. The molecule has 144 valence electrons. The molecule has 0 spiro atoms. The van der Waals surface area contributed by atoms with E-state index in [0.29, 0.717) is 25.2 Å². The van der Waals surface area contributed by atoms with Crippen molar-refractivity contribution in [1.29, 1.82) is 0 Å². The van der Waals surface area contributed by atoms with E-state index in [4.69, 9.17) is 4.74 Å². The fourth-order valence-corrected chi connectivity index (χ4v) is 2.86. The van der Waals surface area contributed by atoms with E-state index in [1.54, 1.807) is 14.2 Å². The highest BCUT2D eigenvalue weighted by molar-refractivity contribution is 5.86. The van der Waals surface area contributed by atoms with Crippen LogP contribution in [0.5, 0.6) is 0 Å². The Labute approximate surface area is 155 Å². The third-order valence-corrected chi connectivity index (χ3v) is 4.31. The van der Waals surface area contributed by atoms with Crippen LogP contribution in [0.2, 0.25) is 0 Å². The maximum Gasteiger partial charge on any atom is 0.239 e. The average molecular weight is 362 g/mol. The van der Waals surface area contributed by atoms with Gasteiger partial charge in [-0.25, -0.2) is 0 Å². The van der Waals surface area contributed by atoms with Gasteiger partial charge in [0.25, 0.3) is 0 Å². The number of piperidine rings is 1. The molecule has 0 atom stereocenters. The maximum absolute atomic E-state index is 11.7. The summed E-state index contributed by atoms with van der Waals surface area (Å²) in [5.74, 6) is 0.588. The summed E-state index contributed by atoms with van der Waals surface area (Å²) in [7, 11) is 3.33. The van der Waals surface area contributed by atoms with E-state index in [2.05, 4.69) is 36.9 Å². The number of likely N-dealkylation sites (tertiary alicyclic amines) is 1. The Morgan fingerprint density at radius 2 is 2.15 bits per heavy atom. The van der Waals surface area contributed by atoms with E-state index < -0.39 is 0 Å². The van der Waals surface area contributed by atoms with Gasteiger partial charge < -0.3 is 20.7 Å². The molecule has 1 aromatic rings. The molecule has 3 N–H and O–H groups in total. The lowest BCUT2D eigenvalue weighted by atomic mass is 10.0. The molecule has 2 rings (SSSR count). The first-order valence-corrected chi connectivity index (χ1v) is 9.06. The van der Waals surface area contributed by atoms with Gasteiger partial charge >= 0.3 is 0 Å². The van der Waals surface area contributed by atoms with Crippen molar-refractivity contribution >= 4 is 11.9 Å². The van der Waals surface area contributed by atoms with Gasteiger partial charge in [-0.15, -0.1) is 0 Å². The maximum atomic E-state index is 11.7. The van der Waals surface area contributed by atoms with Gasteiger partial charge in [0, 0.05) is 52.6 Å². The quantitative estimate of drug-likeness (QED) is 0.342. The van der Waals surface area contributed by atoms with E-state index in [0.717, 1.165) is 38.2 Å². The van der Waals surface area contributed by atoms with Crippen molar-refractivity contribution in [3.63, 3.8) is 0 Å². The number of aromatic nitrogens is 1. The van der Waals surface area contributed by atoms with Crippen molar-refractivity contribution in [3.8, 4) is 0 Å². The number of aliphatic imine (C=N–C) groups is 1. The number of hydrogen-bond donors (Lipinski definition) is 3. The van der Waals surface area contributed by atoms with Crippen molar-refractivity contribution in [2.45, 2.75) is 25.4 Å². The van der Waals surface area contributed by atoms with Crippen LogP contribution in [0.4, 0.5) is 0 Å². The lowest BCUT2D eigenvalue weighted by Gasteiger charge is -2.32. The SMILES string of the molecule is CN=C(NCC(=O)NCCOC)NC1CCN(Cc2ccccn2)CC1. The molecule has 2 heterocycles. The second-order valence-electron chi connectivity index (χ2n) is 6.28. The largest absolute Gasteiger partial charge is 0.383 e. The number of nitrogens with zero attached hydrogens (tertiary/aromatic N) is 3. The van der Waals surface area contributed by atoms with Crippen LogP contribution in [0, 0.1) is 0 Å². The lowest BCUT2D eigenvalue weighted by Crippen LogP contribution is -2.50. The van der Waals surface area contributed by atoms with E-state index in [1.165, 1.54) is 0 Å². The molecule has 26 heavy (non-hydrogen) atoms. The second-order valence-corrected chi connectivity index (χ2v) is 6.28. The molecular weight excluding hydrogens is 332 g/mol. The number of carbonyl (C=O) groups excluding carboxylic acids is 1. The van der Waals surface area contributed by atoms with E-state index in [9.17, 15) is 4.79 Å². The topological polar surface area (TPSA) is 90.9 Å². The average Bonchev–Trinajstić information content (AvgIpc) is 2.67. The molecule has 1 fully saturated rings. The number of guanidine groups is 1. The first-order chi connectivity index (χ1) is 12.7. The highest BCUT2D eigenvalue weighted by atomic mass is 16.5. The lowest BCUT2D eigenvalue weighted by molar-refractivity contribution is -0.120. The molecule has 1 aliphatic rings. The zero-order valence-corrected chi connectivity index (χ0v) is 15.7. The van der Waals surface area contributed by atoms with Crippen molar-refractivity contribution in [1.82, 2.24) is 25.8 Å². The van der Waals surface area contributed by atoms with Gasteiger partial charge in [0.15, 0.2) is 5.96 Å². The molecule has 1 amide bonds. The number of carbonyl (C=O) groups is 1. The molecule has 1 saturated heterocycles. The minimum absolute atomic E-state index is 0.0739. The Kier molecular flexibility index (Phi) is 8.85. The van der Waals surface area contributed by atoms with Gasteiger partial charge in [0.05, 0.1) is 18.8 Å². The summed E-state index contributed by atoms with van der Waals surface area (Å²) in [6.45, 7) is 4.14. The molecule has 0 radical (unpaired) electrons.